The number of rotatable bonds is 8. The first-order valence-corrected chi connectivity index (χ1v) is 11.4. The molecule has 0 aliphatic carbocycles. The Balaban J connectivity index is 1.81. The fourth-order valence-corrected chi connectivity index (χ4v) is 3.97. The number of hydrogen-bond donors (Lipinski definition) is 6. The van der Waals surface area contributed by atoms with Crippen molar-refractivity contribution in [3.8, 4) is 22.5 Å². The second-order valence-corrected chi connectivity index (χ2v) is 8.62. The number of aliphatic hydroxyl groups excluding tert-OH is 3. The van der Waals surface area contributed by atoms with Gasteiger partial charge < -0.3 is 36.1 Å². The average Bonchev–Trinajstić information content (AvgIpc) is 3.29. The van der Waals surface area contributed by atoms with Crippen LogP contribution in [0.1, 0.15) is 20.7 Å². The molecule has 9 nitrogen and oxygen atoms in total. The molecular formula is C27H26FN3O6. The summed E-state index contributed by atoms with van der Waals surface area (Å²) in [4.78, 5) is 25.7. The number of nitrogen functional groups attached to an aromatic ring is 1. The fourth-order valence-electron chi connectivity index (χ4n) is 3.97. The van der Waals surface area contributed by atoms with Crippen LogP contribution in [0.5, 0.6) is 0 Å². The number of carbonyl (C=O) groups excluding carboxylic acids is 2. The van der Waals surface area contributed by atoms with Crippen molar-refractivity contribution in [2.24, 2.45) is 0 Å². The molecule has 2 amide bonds. The highest BCUT2D eigenvalue weighted by molar-refractivity contribution is 6.12. The summed E-state index contributed by atoms with van der Waals surface area (Å²) in [6, 6.07) is 15.3. The van der Waals surface area contributed by atoms with Gasteiger partial charge >= 0.3 is 0 Å². The number of amides is 2. The van der Waals surface area contributed by atoms with Gasteiger partial charge in [0.05, 0.1) is 25.4 Å². The average molecular weight is 508 g/mol. The molecule has 4 rings (SSSR count). The third-order valence-corrected chi connectivity index (χ3v) is 6.14. The monoisotopic (exact) mass is 507 g/mol. The Morgan fingerprint density at radius 1 is 0.946 bits per heavy atom. The lowest BCUT2D eigenvalue weighted by Crippen LogP contribution is -2.57. The molecule has 4 aromatic rings. The zero-order valence-electron chi connectivity index (χ0n) is 19.9. The fraction of sp³-hybridized carbons (Fsp3) is 0.185. The molecule has 37 heavy (non-hydrogen) atoms. The van der Waals surface area contributed by atoms with E-state index >= 15 is 0 Å². The molecule has 0 unspecified atom stereocenters. The molecule has 0 aliphatic heterocycles. The van der Waals surface area contributed by atoms with Gasteiger partial charge in [-0.25, -0.2) is 4.39 Å². The van der Waals surface area contributed by atoms with Crippen LogP contribution in [0.3, 0.4) is 0 Å². The molecule has 0 saturated carbocycles. The van der Waals surface area contributed by atoms with E-state index in [9.17, 15) is 29.3 Å². The van der Waals surface area contributed by atoms with E-state index in [1.807, 2.05) is 0 Å². The Labute approximate surface area is 211 Å². The molecule has 0 atom stereocenters. The van der Waals surface area contributed by atoms with Crippen molar-refractivity contribution in [1.29, 1.82) is 0 Å². The molecule has 0 fully saturated rings. The Kier molecular flexibility index (Phi) is 7.25. The summed E-state index contributed by atoms with van der Waals surface area (Å²) in [5.41, 5.74) is 7.46. The molecule has 10 heteroatoms. The van der Waals surface area contributed by atoms with Crippen molar-refractivity contribution in [2.45, 2.75) is 5.54 Å². The van der Waals surface area contributed by atoms with E-state index in [4.69, 9.17) is 10.2 Å². The van der Waals surface area contributed by atoms with Crippen LogP contribution in [0.25, 0.3) is 33.4 Å². The number of nitrogens with two attached hydrogens (primary N) is 1. The van der Waals surface area contributed by atoms with Gasteiger partial charge in [0.15, 0.2) is 0 Å². The first-order valence-electron chi connectivity index (χ1n) is 11.4. The van der Waals surface area contributed by atoms with Gasteiger partial charge in [-0.2, -0.15) is 0 Å². The van der Waals surface area contributed by atoms with Crippen molar-refractivity contribution in [3.05, 3.63) is 77.6 Å². The number of anilines is 1. The minimum absolute atomic E-state index is 0.197. The van der Waals surface area contributed by atoms with Gasteiger partial charge in [0.2, 0.25) is 0 Å². The van der Waals surface area contributed by atoms with E-state index in [-0.39, 0.29) is 16.9 Å². The number of nitrogens with one attached hydrogen (secondary N) is 2. The van der Waals surface area contributed by atoms with E-state index < -0.39 is 43.0 Å². The SMILES string of the molecule is CNC(=O)c1c(-c2ccc(F)cc2)oc2cc(N)c(-c3cccc(C(=O)NC(CO)(CO)CO)c3)cc12. The van der Waals surface area contributed by atoms with Gasteiger partial charge in [-0.05, 0) is 48.0 Å². The molecule has 1 heterocycles. The molecule has 7 N–H and O–H groups in total. The maximum absolute atomic E-state index is 13.5. The normalized spacial score (nSPS) is 11.5. The maximum atomic E-state index is 13.5. The van der Waals surface area contributed by atoms with Crippen molar-refractivity contribution in [3.63, 3.8) is 0 Å². The molecule has 0 spiro atoms. The number of benzene rings is 3. The number of halogens is 1. The molecule has 0 aliphatic rings. The number of hydrogen-bond acceptors (Lipinski definition) is 7. The third-order valence-electron chi connectivity index (χ3n) is 6.14. The molecular weight excluding hydrogens is 481 g/mol. The van der Waals surface area contributed by atoms with Crippen LogP contribution >= 0.6 is 0 Å². The highest BCUT2D eigenvalue weighted by Gasteiger charge is 2.30. The number of furan rings is 1. The van der Waals surface area contributed by atoms with Crippen molar-refractivity contribution in [1.82, 2.24) is 10.6 Å². The summed E-state index contributed by atoms with van der Waals surface area (Å²) >= 11 is 0. The summed E-state index contributed by atoms with van der Waals surface area (Å²) in [6.07, 6.45) is 0. The van der Waals surface area contributed by atoms with Crippen molar-refractivity contribution >= 4 is 28.5 Å². The zero-order valence-corrected chi connectivity index (χ0v) is 19.9. The second kappa shape index (κ2) is 10.4. The van der Waals surface area contributed by atoms with E-state index in [0.717, 1.165) is 0 Å². The lowest BCUT2D eigenvalue weighted by atomic mass is 9.97. The van der Waals surface area contributed by atoms with E-state index in [1.165, 1.54) is 37.4 Å². The van der Waals surface area contributed by atoms with Gasteiger partial charge in [-0.15, -0.1) is 0 Å². The first kappa shape index (κ1) is 25.8. The van der Waals surface area contributed by atoms with Gasteiger partial charge in [-0.1, -0.05) is 12.1 Å². The van der Waals surface area contributed by atoms with Crippen molar-refractivity contribution in [2.75, 3.05) is 32.6 Å². The summed E-state index contributed by atoms with van der Waals surface area (Å²) in [5, 5.41) is 34.1. The van der Waals surface area contributed by atoms with Crippen LogP contribution in [0.15, 0.2) is 65.1 Å². The van der Waals surface area contributed by atoms with Crippen LogP contribution in [0, 0.1) is 5.82 Å². The van der Waals surface area contributed by atoms with Gasteiger partial charge in [0.25, 0.3) is 11.8 Å². The number of carbonyl (C=O) groups is 2. The smallest absolute Gasteiger partial charge is 0.255 e. The minimum atomic E-state index is -1.58. The predicted octanol–water partition coefficient (Wildman–Crippen LogP) is 2.29. The van der Waals surface area contributed by atoms with Gasteiger partial charge in [-0.3, -0.25) is 9.59 Å². The predicted molar refractivity (Wildman–Crippen MR) is 136 cm³/mol. The molecule has 0 radical (unpaired) electrons. The highest BCUT2D eigenvalue weighted by atomic mass is 19.1. The highest BCUT2D eigenvalue weighted by Crippen LogP contribution is 2.39. The van der Waals surface area contributed by atoms with E-state index in [1.54, 1.807) is 30.3 Å². The van der Waals surface area contributed by atoms with E-state index in [2.05, 4.69) is 10.6 Å². The lowest BCUT2D eigenvalue weighted by molar-refractivity contribution is 0.0375. The van der Waals surface area contributed by atoms with E-state index in [0.29, 0.717) is 33.3 Å². The molecule has 192 valence electrons. The second-order valence-electron chi connectivity index (χ2n) is 8.62. The third kappa shape index (κ3) is 4.90. The minimum Gasteiger partial charge on any atom is -0.455 e. The molecule has 3 aromatic carbocycles. The summed E-state index contributed by atoms with van der Waals surface area (Å²) < 4.78 is 19.5. The Morgan fingerprint density at radius 2 is 1.62 bits per heavy atom. The molecule has 0 saturated heterocycles. The lowest BCUT2D eigenvalue weighted by Gasteiger charge is -2.28. The standard InChI is InChI=1S/C27H26FN3O6/c1-30-26(36)23-20-10-19(21(29)11-22(20)37-24(23)15-5-7-18(28)8-6-15)16-3-2-4-17(9-16)25(35)31-27(12-32,13-33)14-34/h2-11,32-34H,12-14,29H2,1H3,(H,30,36)(H,31,35). The van der Waals surface area contributed by atoms with Crippen LogP contribution < -0.4 is 16.4 Å². The molecule has 1 aromatic heterocycles. The quantitative estimate of drug-likeness (QED) is 0.200. The Hall–Kier alpha value is -4.25. The summed E-state index contributed by atoms with van der Waals surface area (Å²) in [6.45, 7) is -1.98. The van der Waals surface area contributed by atoms with Crippen molar-refractivity contribution < 1.29 is 33.7 Å². The molecule has 0 bridgehead atoms. The topological polar surface area (TPSA) is 158 Å². The summed E-state index contributed by atoms with van der Waals surface area (Å²) in [5.74, 6) is -1.19. The maximum Gasteiger partial charge on any atom is 0.255 e. The number of fused-ring (bicyclic) bond motifs is 1. The van der Waals surface area contributed by atoms with Crippen LogP contribution in [0.2, 0.25) is 0 Å². The van der Waals surface area contributed by atoms with Crippen LogP contribution in [-0.4, -0.2) is 59.5 Å². The van der Waals surface area contributed by atoms with Crippen LogP contribution in [0.4, 0.5) is 10.1 Å². The van der Waals surface area contributed by atoms with Gasteiger partial charge in [0.1, 0.15) is 22.7 Å². The number of aliphatic hydroxyl groups is 3. The Bertz CT molecular complexity index is 1450. The van der Waals surface area contributed by atoms with Crippen LogP contribution in [-0.2, 0) is 0 Å². The first-order chi connectivity index (χ1) is 17.8. The zero-order chi connectivity index (χ0) is 26.7. The summed E-state index contributed by atoms with van der Waals surface area (Å²) in [7, 11) is 1.49. The largest absolute Gasteiger partial charge is 0.455 e. The Morgan fingerprint density at radius 3 is 2.24 bits per heavy atom. The van der Waals surface area contributed by atoms with Gasteiger partial charge in [0, 0.05) is 40.9 Å².